The molecule has 1 aromatic heterocycles. The molecule has 0 radical (unpaired) electrons. The third kappa shape index (κ3) is 2.77. The normalized spacial score (nSPS) is 14.8. The molecule has 0 unspecified atom stereocenters. The minimum absolute atomic E-state index is 0.0760. The van der Waals surface area contributed by atoms with E-state index < -0.39 is 0 Å². The first-order valence-electron chi connectivity index (χ1n) is 5.98. The van der Waals surface area contributed by atoms with Crippen molar-refractivity contribution in [1.82, 2.24) is 15.2 Å². The molecule has 2 N–H and O–H groups in total. The Hall–Kier alpha value is -2.11. The van der Waals surface area contributed by atoms with Crippen molar-refractivity contribution in [3.05, 3.63) is 23.9 Å². The first kappa shape index (κ1) is 12.3. The van der Waals surface area contributed by atoms with Gasteiger partial charge in [0.25, 0.3) is 0 Å². The predicted octanol–water partition coefficient (Wildman–Crippen LogP) is 0.955. The lowest BCUT2D eigenvalue weighted by atomic mass is 10.3. The molecule has 1 aliphatic heterocycles. The van der Waals surface area contributed by atoms with Crippen LogP contribution in [0.4, 0.5) is 10.6 Å². The molecule has 1 fully saturated rings. The van der Waals surface area contributed by atoms with Gasteiger partial charge >= 0.3 is 6.03 Å². The number of nitrogens with one attached hydrogen (secondary N) is 2. The molecule has 0 saturated carbocycles. The average molecular weight is 248 g/mol. The van der Waals surface area contributed by atoms with E-state index in [2.05, 4.69) is 22.5 Å². The van der Waals surface area contributed by atoms with Crippen molar-refractivity contribution < 1.29 is 9.59 Å². The summed E-state index contributed by atoms with van der Waals surface area (Å²) < 4.78 is 0. The number of pyridine rings is 1. The van der Waals surface area contributed by atoms with Gasteiger partial charge in [-0.15, -0.1) is 0 Å². The van der Waals surface area contributed by atoms with Gasteiger partial charge in [-0.1, -0.05) is 13.0 Å². The van der Waals surface area contributed by atoms with Crippen LogP contribution in [0.5, 0.6) is 0 Å². The zero-order valence-electron chi connectivity index (χ0n) is 10.3. The zero-order valence-corrected chi connectivity index (χ0v) is 10.3. The lowest BCUT2D eigenvalue weighted by Crippen LogP contribution is -2.30. The van der Waals surface area contributed by atoms with Crippen LogP contribution in [0.2, 0.25) is 0 Å². The van der Waals surface area contributed by atoms with Crippen LogP contribution in [0.25, 0.3) is 0 Å². The monoisotopic (exact) mass is 248 g/mol. The minimum atomic E-state index is -0.353. The smallest absolute Gasteiger partial charge is 0.324 e. The molecule has 0 bridgehead atoms. The molecule has 0 spiro atoms. The summed E-state index contributed by atoms with van der Waals surface area (Å²) in [5, 5.41) is 5.65. The average Bonchev–Trinajstić information content (AvgIpc) is 2.69. The number of urea groups is 1. The molecule has 2 rings (SSSR count). The van der Waals surface area contributed by atoms with Gasteiger partial charge in [0.2, 0.25) is 5.91 Å². The lowest BCUT2D eigenvalue weighted by molar-refractivity contribution is -0.125. The van der Waals surface area contributed by atoms with Gasteiger partial charge in [0.15, 0.2) is 0 Å². The molecule has 6 heteroatoms. The second kappa shape index (κ2) is 5.48. The van der Waals surface area contributed by atoms with Gasteiger partial charge in [-0.2, -0.15) is 0 Å². The Balaban J connectivity index is 2.04. The van der Waals surface area contributed by atoms with Gasteiger partial charge in [0.05, 0.1) is 18.8 Å². The fraction of sp³-hybridized carbons (Fsp3) is 0.417. The topological polar surface area (TPSA) is 74.3 Å². The fourth-order valence-electron chi connectivity index (χ4n) is 1.70. The molecule has 1 aliphatic rings. The first-order valence-corrected chi connectivity index (χ1v) is 5.98. The van der Waals surface area contributed by atoms with Crippen LogP contribution >= 0.6 is 0 Å². The Bertz CT molecular complexity index is 445. The molecular weight excluding hydrogens is 232 g/mol. The molecule has 6 nitrogen and oxygen atoms in total. The molecule has 0 aliphatic carbocycles. The fourth-order valence-corrected chi connectivity index (χ4v) is 1.70. The van der Waals surface area contributed by atoms with Crippen LogP contribution in [-0.4, -0.2) is 34.9 Å². The highest BCUT2D eigenvalue weighted by atomic mass is 16.2. The largest absolute Gasteiger partial charge is 0.370 e. The van der Waals surface area contributed by atoms with Crippen molar-refractivity contribution in [2.75, 3.05) is 18.4 Å². The van der Waals surface area contributed by atoms with Crippen LogP contribution in [0, 0.1) is 0 Å². The lowest BCUT2D eigenvalue weighted by Gasteiger charge is -2.12. The summed E-state index contributed by atoms with van der Waals surface area (Å²) in [6.07, 6.45) is 1.01. The first-order chi connectivity index (χ1) is 8.70. The van der Waals surface area contributed by atoms with Gasteiger partial charge in [-0.25, -0.2) is 9.78 Å². The summed E-state index contributed by atoms with van der Waals surface area (Å²) in [5.41, 5.74) is 0.696. The van der Waals surface area contributed by atoms with Gasteiger partial charge in [-0.05, 0) is 18.6 Å². The third-order valence-corrected chi connectivity index (χ3v) is 2.62. The number of amides is 3. The molecule has 3 amide bonds. The summed E-state index contributed by atoms with van der Waals surface area (Å²) in [7, 11) is 0. The third-order valence-electron chi connectivity index (χ3n) is 2.62. The number of carbonyl (C=O) groups is 2. The molecule has 96 valence electrons. The summed E-state index contributed by atoms with van der Waals surface area (Å²) >= 11 is 0. The van der Waals surface area contributed by atoms with Crippen molar-refractivity contribution in [3.63, 3.8) is 0 Å². The number of rotatable bonds is 5. The maximum atomic E-state index is 11.4. The van der Waals surface area contributed by atoms with Gasteiger partial charge in [-0.3, -0.25) is 9.69 Å². The van der Waals surface area contributed by atoms with E-state index in [-0.39, 0.29) is 25.0 Å². The zero-order chi connectivity index (χ0) is 13.0. The number of carbonyl (C=O) groups excluding carboxylic acids is 2. The Morgan fingerprint density at radius 3 is 2.94 bits per heavy atom. The summed E-state index contributed by atoms with van der Waals surface area (Å²) in [6, 6.07) is 5.17. The number of aromatic nitrogens is 1. The SMILES string of the molecule is CCCNc1cccc(CN2C(=O)CNC2=O)n1. The van der Waals surface area contributed by atoms with Crippen molar-refractivity contribution in [3.8, 4) is 0 Å². The van der Waals surface area contributed by atoms with Crippen LogP contribution in [-0.2, 0) is 11.3 Å². The van der Waals surface area contributed by atoms with Crippen molar-refractivity contribution in [1.29, 1.82) is 0 Å². The van der Waals surface area contributed by atoms with E-state index in [0.717, 1.165) is 18.8 Å². The quantitative estimate of drug-likeness (QED) is 0.761. The van der Waals surface area contributed by atoms with Crippen LogP contribution < -0.4 is 10.6 Å². The summed E-state index contributed by atoms with van der Waals surface area (Å²) in [6.45, 7) is 3.21. The second-order valence-electron chi connectivity index (χ2n) is 4.08. The molecule has 1 saturated heterocycles. The van der Waals surface area contributed by atoms with Crippen molar-refractivity contribution in [2.24, 2.45) is 0 Å². The number of nitrogens with zero attached hydrogens (tertiary/aromatic N) is 2. The van der Waals surface area contributed by atoms with Gasteiger partial charge in [0.1, 0.15) is 5.82 Å². The molecule has 1 aromatic rings. The number of hydrogen-bond acceptors (Lipinski definition) is 4. The van der Waals surface area contributed by atoms with E-state index in [1.54, 1.807) is 6.07 Å². The Morgan fingerprint density at radius 2 is 2.28 bits per heavy atom. The maximum absolute atomic E-state index is 11.4. The van der Waals surface area contributed by atoms with Crippen molar-refractivity contribution in [2.45, 2.75) is 19.9 Å². The number of hydrogen-bond donors (Lipinski definition) is 2. The molecule has 2 heterocycles. The Morgan fingerprint density at radius 1 is 1.44 bits per heavy atom. The highest BCUT2D eigenvalue weighted by molar-refractivity contribution is 6.01. The molecule has 0 aromatic carbocycles. The Kier molecular flexibility index (Phi) is 3.76. The highest BCUT2D eigenvalue weighted by Gasteiger charge is 2.28. The van der Waals surface area contributed by atoms with E-state index >= 15 is 0 Å². The van der Waals surface area contributed by atoms with E-state index in [1.807, 2.05) is 12.1 Å². The highest BCUT2D eigenvalue weighted by Crippen LogP contribution is 2.10. The van der Waals surface area contributed by atoms with Crippen LogP contribution in [0.15, 0.2) is 18.2 Å². The van der Waals surface area contributed by atoms with E-state index in [4.69, 9.17) is 0 Å². The van der Waals surface area contributed by atoms with E-state index in [1.165, 1.54) is 4.90 Å². The maximum Gasteiger partial charge on any atom is 0.324 e. The van der Waals surface area contributed by atoms with E-state index in [0.29, 0.717) is 5.69 Å². The number of anilines is 1. The standard InChI is InChI=1S/C12H16N4O2/c1-2-6-13-10-5-3-4-9(15-10)8-16-11(17)7-14-12(16)18/h3-5H,2,6-8H2,1H3,(H,13,15)(H,14,18). The van der Waals surface area contributed by atoms with E-state index in [9.17, 15) is 9.59 Å². The van der Waals surface area contributed by atoms with Crippen LogP contribution in [0.3, 0.4) is 0 Å². The predicted molar refractivity (Wildman–Crippen MR) is 67.0 cm³/mol. The van der Waals surface area contributed by atoms with Crippen LogP contribution in [0.1, 0.15) is 19.0 Å². The Labute approximate surface area is 105 Å². The molecular formula is C12H16N4O2. The van der Waals surface area contributed by atoms with Gasteiger partial charge in [0, 0.05) is 6.54 Å². The molecule has 18 heavy (non-hydrogen) atoms. The number of imide groups is 1. The van der Waals surface area contributed by atoms with Gasteiger partial charge < -0.3 is 10.6 Å². The minimum Gasteiger partial charge on any atom is -0.370 e. The summed E-state index contributed by atoms with van der Waals surface area (Å²) in [4.78, 5) is 28.4. The van der Waals surface area contributed by atoms with Crippen molar-refractivity contribution >= 4 is 17.8 Å². The molecule has 0 atom stereocenters. The second-order valence-corrected chi connectivity index (χ2v) is 4.08. The summed E-state index contributed by atoms with van der Waals surface area (Å²) in [5.74, 6) is 0.551.